The molecule has 0 amide bonds. The van der Waals surface area contributed by atoms with Gasteiger partial charge in [-0.2, -0.15) is 0 Å². The van der Waals surface area contributed by atoms with Crippen LogP contribution >= 0.6 is 0 Å². The molecule has 4 N–H and O–H groups in total. The molecular formula is C6H11AuO5S. The molecule has 0 aromatic heterocycles. The van der Waals surface area contributed by atoms with E-state index >= 15 is 0 Å². The predicted octanol–water partition coefficient (Wildman–Crippen LogP) is -2.67. The molecule has 0 saturated carbocycles. The summed E-state index contributed by atoms with van der Waals surface area (Å²) < 4.78 is 4.84. The Balaban J connectivity index is 0.00000144. The molecule has 0 radical (unpaired) electrons. The van der Waals surface area contributed by atoms with Gasteiger partial charge in [0.05, 0.1) is 12.7 Å². The van der Waals surface area contributed by atoms with Crippen LogP contribution < -0.4 is 0 Å². The van der Waals surface area contributed by atoms with Gasteiger partial charge >= 0.3 is 22.4 Å². The Morgan fingerprint density at radius 1 is 1.08 bits per heavy atom. The molecule has 13 heavy (non-hydrogen) atoms. The Bertz CT molecular complexity index is 155. The molecule has 1 saturated heterocycles. The fourth-order valence-electron chi connectivity index (χ4n) is 1.07. The monoisotopic (exact) mass is 398 g/mol. The average molecular weight is 398 g/mol. The third-order valence-electron chi connectivity index (χ3n) is 1.85. The van der Waals surface area contributed by atoms with Crippen LogP contribution in [0.15, 0.2) is 0 Å². The summed E-state index contributed by atoms with van der Waals surface area (Å²) in [4.78, 5) is 0. The fourth-order valence-corrected chi connectivity index (χ4v) is 1.37. The van der Waals surface area contributed by atoms with E-state index in [1.54, 1.807) is 0 Å². The molecule has 0 bridgehead atoms. The molecule has 0 aliphatic carbocycles. The second kappa shape index (κ2) is 5.69. The zero-order valence-corrected chi connectivity index (χ0v) is 9.48. The molecule has 1 heterocycles. The minimum Gasteiger partial charge on any atom is -0.759 e. The van der Waals surface area contributed by atoms with Gasteiger partial charge in [-0.15, -0.1) is 0 Å². The van der Waals surface area contributed by atoms with Gasteiger partial charge in [-0.1, -0.05) is 0 Å². The van der Waals surface area contributed by atoms with Gasteiger partial charge in [-0.3, -0.25) is 0 Å². The van der Waals surface area contributed by atoms with E-state index in [4.69, 9.17) is 20.1 Å². The molecule has 0 aromatic rings. The average Bonchev–Trinajstić information content (AvgIpc) is 2.08. The maximum absolute atomic E-state index is 9.18. The Morgan fingerprint density at radius 3 is 2.08 bits per heavy atom. The van der Waals surface area contributed by atoms with Gasteiger partial charge in [0.25, 0.3) is 0 Å². The zero-order chi connectivity index (χ0) is 9.30. The molecule has 5 nitrogen and oxygen atoms in total. The van der Waals surface area contributed by atoms with Crippen LogP contribution in [0, 0.1) is 0 Å². The minimum atomic E-state index is -1.35. The molecular weight excluding hydrogens is 387 g/mol. The van der Waals surface area contributed by atoms with E-state index in [0.717, 1.165) is 0 Å². The minimum absolute atomic E-state index is 0. The van der Waals surface area contributed by atoms with Crippen molar-refractivity contribution < 1.29 is 47.5 Å². The van der Waals surface area contributed by atoms with Crippen LogP contribution in [0.5, 0.6) is 0 Å². The molecule has 7 heteroatoms. The largest absolute Gasteiger partial charge is 1.00 e. The summed E-state index contributed by atoms with van der Waals surface area (Å²) in [7, 11) is 0. The van der Waals surface area contributed by atoms with Crippen molar-refractivity contribution in [3.63, 3.8) is 0 Å². The third-order valence-corrected chi connectivity index (χ3v) is 2.24. The van der Waals surface area contributed by atoms with Crippen molar-refractivity contribution in [1.82, 2.24) is 0 Å². The molecule has 0 spiro atoms. The van der Waals surface area contributed by atoms with Crippen molar-refractivity contribution in [1.29, 1.82) is 0 Å². The number of hydrogen-bond acceptors (Lipinski definition) is 6. The van der Waals surface area contributed by atoms with Crippen LogP contribution in [-0.2, 0) is 39.7 Å². The summed E-state index contributed by atoms with van der Waals surface area (Å²) in [5.74, 6) is 0. The summed E-state index contributed by atoms with van der Waals surface area (Å²) >= 11 is 4.63. The van der Waals surface area contributed by atoms with Crippen molar-refractivity contribution in [3.05, 3.63) is 0 Å². The van der Waals surface area contributed by atoms with Crippen LogP contribution in [0.1, 0.15) is 0 Å². The second-order valence-electron chi connectivity index (χ2n) is 2.70. The first-order valence-electron chi connectivity index (χ1n) is 3.54. The van der Waals surface area contributed by atoms with E-state index in [9.17, 15) is 5.11 Å². The fraction of sp³-hybridized carbons (Fsp3) is 1.00. The maximum atomic E-state index is 9.18. The number of aliphatic hydroxyl groups is 4. The second-order valence-corrected chi connectivity index (χ2v) is 3.16. The van der Waals surface area contributed by atoms with Gasteiger partial charge in [0.2, 0.25) is 0 Å². The molecule has 1 fully saturated rings. The summed E-state index contributed by atoms with van der Waals surface area (Å²) in [5, 5.41) is 36.1. The van der Waals surface area contributed by atoms with Crippen molar-refractivity contribution in [3.8, 4) is 0 Å². The standard InChI is InChI=1S/C6H12O5S.Au/c7-1-2-3(8)4(9)5(10)6(12)11-2;/h2-10,12H,1H2;/q;+1/p-1/t2-,3-,4+,5-,6+;/m1./s1/i1+1,2+1,3+1,4+1,5+1,6+1;. The van der Waals surface area contributed by atoms with E-state index in [1.165, 1.54) is 0 Å². The Kier molecular flexibility index (Phi) is 6.08. The van der Waals surface area contributed by atoms with Crippen LogP contribution in [0.2, 0.25) is 0 Å². The number of ether oxygens (including phenoxy) is 1. The normalized spacial score (nSPS) is 45.5. The zero-order valence-electron chi connectivity index (χ0n) is 6.50. The smallest absolute Gasteiger partial charge is 0.759 e. The van der Waals surface area contributed by atoms with Crippen molar-refractivity contribution in [2.45, 2.75) is 29.9 Å². The quantitative estimate of drug-likeness (QED) is 0.219. The van der Waals surface area contributed by atoms with Crippen molar-refractivity contribution >= 4 is 12.6 Å². The SMILES string of the molecule is O[13CH2][13C@H]1O[13C@@H]([S-])[13C@H](O)[13C@@H](O)[13C@@H]1O.[Au+]. The first-order chi connectivity index (χ1) is 5.57. The number of rotatable bonds is 1. The van der Waals surface area contributed by atoms with Gasteiger partial charge in [-0.25, -0.2) is 0 Å². The summed E-state index contributed by atoms with van der Waals surface area (Å²) in [6.07, 6.45) is -4.83. The Hall–Kier alpha value is 0.890. The molecule has 0 aromatic carbocycles. The van der Waals surface area contributed by atoms with Gasteiger partial charge in [0, 0.05) is 0 Å². The van der Waals surface area contributed by atoms with E-state index in [1.807, 2.05) is 0 Å². The van der Waals surface area contributed by atoms with Crippen LogP contribution in [0.4, 0.5) is 0 Å². The van der Waals surface area contributed by atoms with Crippen molar-refractivity contribution in [2.24, 2.45) is 0 Å². The summed E-state index contributed by atoms with van der Waals surface area (Å²) in [6, 6.07) is 0. The molecule has 0 unspecified atom stereocenters. The van der Waals surface area contributed by atoms with Gasteiger partial charge in [0.15, 0.2) is 0 Å². The van der Waals surface area contributed by atoms with Gasteiger partial charge in [0.1, 0.15) is 18.3 Å². The topological polar surface area (TPSA) is 90.2 Å². The van der Waals surface area contributed by atoms with Gasteiger partial charge < -0.3 is 37.8 Å². The van der Waals surface area contributed by atoms with E-state index in [-0.39, 0.29) is 22.4 Å². The molecule has 5 atom stereocenters. The summed E-state index contributed by atoms with van der Waals surface area (Å²) in [6.45, 7) is -0.432. The van der Waals surface area contributed by atoms with Crippen molar-refractivity contribution in [2.75, 3.05) is 6.61 Å². The van der Waals surface area contributed by atoms with E-state index in [2.05, 4.69) is 12.6 Å². The molecule has 1 aliphatic rings. The number of hydrogen-bond donors (Lipinski definition) is 4. The first-order valence-corrected chi connectivity index (χ1v) is 4.01. The molecule has 82 valence electrons. The van der Waals surface area contributed by atoms with E-state index in [0.29, 0.717) is 0 Å². The maximum Gasteiger partial charge on any atom is 1.00 e. The Morgan fingerprint density at radius 2 is 1.62 bits per heavy atom. The van der Waals surface area contributed by atoms with Crippen LogP contribution in [0.3, 0.4) is 0 Å². The number of aliphatic hydroxyl groups excluding tert-OH is 4. The molecule has 1 aliphatic heterocycles. The summed E-state index contributed by atoms with van der Waals surface area (Å²) in [5.41, 5.74) is -0.986. The van der Waals surface area contributed by atoms with Gasteiger partial charge in [-0.05, 0) is 5.44 Å². The molecule has 1 rings (SSSR count). The van der Waals surface area contributed by atoms with Crippen LogP contribution in [0.25, 0.3) is 0 Å². The van der Waals surface area contributed by atoms with Crippen LogP contribution in [-0.4, -0.2) is 56.9 Å². The first kappa shape index (κ1) is 13.9. The van der Waals surface area contributed by atoms with E-state index < -0.39 is 36.5 Å². The third kappa shape index (κ3) is 2.92. The Labute approximate surface area is 96.6 Å². The predicted molar refractivity (Wildman–Crippen MR) is 41.1 cm³/mol.